The Labute approximate surface area is 170 Å². The molecule has 0 saturated carbocycles. The molecule has 5 nitrogen and oxygen atoms in total. The number of carbonyl (C=O) groups is 1. The normalized spacial score (nSPS) is 22.6. The standard InChI is InChI=1S/C22H17F3N2O3/c1-21(2)12-13-5-3-4-6-16(13)18-9-14(22(23,24)25)10-19(26(18)21)17-11-15(27(29)30)7-8-20(17)28/h3-11H,12H2,1-2H3/b19-17-. The van der Waals surface area contributed by atoms with Crippen molar-refractivity contribution < 1.29 is 22.9 Å². The molecule has 0 atom stereocenters. The summed E-state index contributed by atoms with van der Waals surface area (Å²) in [5.41, 5.74) is -0.210. The van der Waals surface area contributed by atoms with Crippen LogP contribution in [0.2, 0.25) is 0 Å². The van der Waals surface area contributed by atoms with Gasteiger partial charge in [-0.2, -0.15) is 13.2 Å². The summed E-state index contributed by atoms with van der Waals surface area (Å²) in [7, 11) is 0. The van der Waals surface area contributed by atoms with Crippen LogP contribution in [-0.4, -0.2) is 27.3 Å². The highest BCUT2D eigenvalue weighted by atomic mass is 19.4. The molecule has 0 spiro atoms. The highest BCUT2D eigenvalue weighted by molar-refractivity contribution is 6.08. The minimum absolute atomic E-state index is 0.00743. The first-order valence-electron chi connectivity index (χ1n) is 9.21. The van der Waals surface area contributed by atoms with Crippen LogP contribution in [0, 0.1) is 10.1 Å². The van der Waals surface area contributed by atoms with E-state index in [2.05, 4.69) is 0 Å². The van der Waals surface area contributed by atoms with Crippen LogP contribution < -0.4 is 0 Å². The van der Waals surface area contributed by atoms with Gasteiger partial charge >= 0.3 is 6.18 Å². The number of hydrogen-bond acceptors (Lipinski definition) is 4. The van der Waals surface area contributed by atoms with E-state index >= 15 is 0 Å². The highest BCUT2D eigenvalue weighted by Gasteiger charge is 2.44. The number of allylic oxidation sites excluding steroid dienone is 7. The van der Waals surface area contributed by atoms with Gasteiger partial charge in [0.25, 0.3) is 5.70 Å². The van der Waals surface area contributed by atoms with E-state index in [4.69, 9.17) is 0 Å². The van der Waals surface area contributed by atoms with E-state index in [1.54, 1.807) is 17.0 Å². The van der Waals surface area contributed by atoms with Crippen molar-refractivity contribution in [1.82, 2.24) is 4.90 Å². The summed E-state index contributed by atoms with van der Waals surface area (Å²) in [5, 5.41) is 11.2. The van der Waals surface area contributed by atoms with E-state index in [1.807, 2.05) is 26.0 Å². The Bertz CT molecular complexity index is 1130. The molecule has 2 aliphatic heterocycles. The summed E-state index contributed by atoms with van der Waals surface area (Å²) in [6.45, 7) is 3.73. The maximum atomic E-state index is 13.7. The number of fused-ring (bicyclic) bond motifs is 3. The lowest BCUT2D eigenvalue weighted by Crippen LogP contribution is -2.48. The van der Waals surface area contributed by atoms with Gasteiger partial charge in [-0.25, -0.2) is 0 Å². The van der Waals surface area contributed by atoms with Gasteiger partial charge in [-0.05, 0) is 44.1 Å². The number of nitro groups is 1. The van der Waals surface area contributed by atoms with Crippen LogP contribution in [0.15, 0.2) is 77.2 Å². The maximum Gasteiger partial charge on any atom is 0.416 e. The third kappa shape index (κ3) is 3.18. The molecule has 154 valence electrons. The quantitative estimate of drug-likeness (QED) is 0.379. The number of nitrogens with zero attached hydrogens (tertiary/aromatic N) is 2. The van der Waals surface area contributed by atoms with Crippen molar-refractivity contribution in [2.75, 3.05) is 0 Å². The molecule has 0 unspecified atom stereocenters. The van der Waals surface area contributed by atoms with Gasteiger partial charge in [-0.15, -0.1) is 0 Å². The van der Waals surface area contributed by atoms with Crippen molar-refractivity contribution in [3.05, 3.63) is 98.4 Å². The summed E-state index contributed by atoms with van der Waals surface area (Å²) >= 11 is 0. The van der Waals surface area contributed by atoms with Gasteiger partial charge in [-0.1, -0.05) is 24.3 Å². The molecular weight excluding hydrogens is 397 g/mol. The third-order valence-corrected chi connectivity index (χ3v) is 5.37. The smallest absolute Gasteiger partial charge is 0.334 e. The molecule has 0 amide bonds. The molecule has 0 aromatic heterocycles. The van der Waals surface area contributed by atoms with Gasteiger partial charge in [-0.3, -0.25) is 14.9 Å². The van der Waals surface area contributed by atoms with Crippen LogP contribution in [0.25, 0.3) is 5.70 Å². The number of benzene rings is 1. The van der Waals surface area contributed by atoms with Gasteiger partial charge in [0.1, 0.15) is 0 Å². The predicted octanol–water partition coefficient (Wildman–Crippen LogP) is 4.72. The zero-order valence-corrected chi connectivity index (χ0v) is 16.2. The van der Waals surface area contributed by atoms with E-state index in [0.717, 1.165) is 35.9 Å². The zero-order valence-electron chi connectivity index (χ0n) is 16.2. The van der Waals surface area contributed by atoms with Gasteiger partial charge in [0.15, 0.2) is 5.78 Å². The lowest BCUT2D eigenvalue weighted by atomic mass is 9.80. The second-order valence-electron chi connectivity index (χ2n) is 7.93. The van der Waals surface area contributed by atoms with Gasteiger partial charge in [0, 0.05) is 29.0 Å². The predicted molar refractivity (Wildman–Crippen MR) is 104 cm³/mol. The molecule has 0 radical (unpaired) electrons. The lowest BCUT2D eigenvalue weighted by molar-refractivity contribution is -0.419. The molecule has 4 rings (SSSR count). The minimum Gasteiger partial charge on any atom is -0.334 e. The Morgan fingerprint density at radius 2 is 1.80 bits per heavy atom. The summed E-state index contributed by atoms with van der Waals surface area (Å²) in [6.07, 6.45) is 0.973. The molecule has 0 bridgehead atoms. The average molecular weight is 414 g/mol. The van der Waals surface area contributed by atoms with E-state index in [-0.39, 0.29) is 17.0 Å². The summed E-state index contributed by atoms with van der Waals surface area (Å²) in [4.78, 5) is 24.8. The van der Waals surface area contributed by atoms with Crippen LogP contribution in [0.5, 0.6) is 0 Å². The summed E-state index contributed by atoms with van der Waals surface area (Å²) < 4.78 is 41.2. The fraction of sp³-hybridized carbons (Fsp3) is 0.227. The van der Waals surface area contributed by atoms with E-state index < -0.39 is 28.0 Å². The van der Waals surface area contributed by atoms with Crippen molar-refractivity contribution >= 4 is 11.5 Å². The molecule has 0 fully saturated rings. The summed E-state index contributed by atoms with van der Waals surface area (Å²) in [6, 6.07) is 7.18. The Balaban J connectivity index is 2.04. The van der Waals surface area contributed by atoms with Crippen molar-refractivity contribution in [1.29, 1.82) is 0 Å². The van der Waals surface area contributed by atoms with Gasteiger partial charge in [0.2, 0.25) is 0 Å². The van der Waals surface area contributed by atoms with Crippen molar-refractivity contribution in [3.63, 3.8) is 0 Å². The third-order valence-electron chi connectivity index (χ3n) is 5.37. The first-order valence-corrected chi connectivity index (χ1v) is 9.21. The van der Waals surface area contributed by atoms with Gasteiger partial charge in [0.05, 0.1) is 21.8 Å². The fourth-order valence-corrected chi connectivity index (χ4v) is 4.11. The summed E-state index contributed by atoms with van der Waals surface area (Å²) in [5.74, 6) is -0.579. The van der Waals surface area contributed by atoms with E-state index in [9.17, 15) is 28.1 Å². The number of alkyl halides is 3. The zero-order chi connectivity index (χ0) is 21.8. The molecule has 1 aromatic rings. The Kier molecular flexibility index (Phi) is 4.34. The second kappa shape index (κ2) is 6.55. The SMILES string of the molecule is CC1(C)Cc2ccccc2C2=CC(C(F)(F)F)=C/C(=C3\C=C([N+](=O)[O-])C=CC3=O)N21. The highest BCUT2D eigenvalue weighted by Crippen LogP contribution is 2.47. The molecule has 3 aliphatic rings. The number of ketones is 1. The monoisotopic (exact) mass is 414 g/mol. The molecule has 1 aromatic carbocycles. The van der Waals surface area contributed by atoms with E-state index in [1.165, 1.54) is 0 Å². The first-order chi connectivity index (χ1) is 14.0. The van der Waals surface area contributed by atoms with Crippen LogP contribution in [0.1, 0.15) is 25.0 Å². The maximum absolute atomic E-state index is 13.7. The molecule has 30 heavy (non-hydrogen) atoms. The van der Waals surface area contributed by atoms with E-state index in [0.29, 0.717) is 17.7 Å². The molecule has 0 N–H and O–H groups in total. The molecule has 0 saturated heterocycles. The second-order valence-corrected chi connectivity index (χ2v) is 7.93. The Morgan fingerprint density at radius 3 is 2.47 bits per heavy atom. The average Bonchev–Trinajstić information content (AvgIpc) is 2.66. The molecule has 8 heteroatoms. The first kappa shape index (κ1) is 19.9. The van der Waals surface area contributed by atoms with Crippen LogP contribution >= 0.6 is 0 Å². The Hall–Kier alpha value is -3.42. The van der Waals surface area contributed by atoms with Crippen molar-refractivity contribution in [2.24, 2.45) is 0 Å². The number of rotatable bonds is 1. The largest absolute Gasteiger partial charge is 0.416 e. The van der Waals surface area contributed by atoms with Crippen LogP contribution in [0.3, 0.4) is 0 Å². The van der Waals surface area contributed by atoms with Gasteiger partial charge < -0.3 is 4.90 Å². The lowest BCUT2D eigenvalue weighted by Gasteiger charge is -2.49. The van der Waals surface area contributed by atoms with Crippen molar-refractivity contribution in [2.45, 2.75) is 32.0 Å². The number of hydrogen-bond donors (Lipinski definition) is 0. The molecule has 1 aliphatic carbocycles. The van der Waals surface area contributed by atoms with Crippen LogP contribution in [-0.2, 0) is 11.2 Å². The number of carbonyl (C=O) groups excluding carboxylic acids is 1. The molecule has 2 heterocycles. The minimum atomic E-state index is -4.65. The number of halogens is 3. The fourth-order valence-electron chi connectivity index (χ4n) is 4.11. The topological polar surface area (TPSA) is 63.5 Å². The van der Waals surface area contributed by atoms with Crippen LogP contribution in [0.4, 0.5) is 13.2 Å². The van der Waals surface area contributed by atoms with Crippen molar-refractivity contribution in [3.8, 4) is 0 Å². The molecular formula is C22H17F3N2O3. The Morgan fingerprint density at radius 1 is 1.10 bits per heavy atom.